The van der Waals surface area contributed by atoms with Crippen LogP contribution in [0.4, 0.5) is 34.5 Å². The lowest BCUT2D eigenvalue weighted by Crippen LogP contribution is -2.34. The Kier molecular flexibility index (Phi) is 11.6. The summed E-state index contributed by atoms with van der Waals surface area (Å²) in [5.74, 6) is 0. The first-order chi connectivity index (χ1) is 16.9. The monoisotopic (exact) mass is 552 g/mol. The smallest absolute Gasteiger partial charge is 0.418 e. The molecular weight excluding hydrogens is 530 g/mol. The maximum Gasteiger partial charge on any atom is 0.673 e. The van der Waals surface area contributed by atoms with E-state index >= 15 is 0 Å². The molecule has 0 aliphatic carbocycles. The highest BCUT2D eigenvalue weighted by atomic mass is 32.1. The second-order valence-corrected chi connectivity index (χ2v) is 8.96. The van der Waals surface area contributed by atoms with Crippen molar-refractivity contribution in [2.75, 3.05) is 0 Å². The number of aryl methyl sites for hydroxylation is 4. The Labute approximate surface area is 211 Å². The van der Waals surface area contributed by atoms with Crippen molar-refractivity contribution in [1.82, 2.24) is 0 Å². The van der Waals surface area contributed by atoms with Crippen molar-refractivity contribution in [3.05, 3.63) is 93.8 Å². The van der Waals surface area contributed by atoms with Gasteiger partial charge in [-0.3, -0.25) is 0 Å². The molecule has 4 aromatic rings. The summed E-state index contributed by atoms with van der Waals surface area (Å²) in [7, 11) is -12.0. The minimum atomic E-state index is -6.00. The number of aromatic nitrogens is 2. The zero-order chi connectivity index (χ0) is 26.6. The molecule has 2 nitrogen and oxygen atoms in total. The standard InChI is InChI=1S/C22H22N2S2.2BF4/c1(19-7-15-25-17-19)9-23-11-3-21(4-12-23)22-5-13-24(14-6-22)10-2-20-8-16-26-18-20;2*2-1(3,4)5/h3-8,11-18H,1-2,9-10H2;;/q+2;2*-1. The van der Waals surface area contributed by atoms with Crippen molar-refractivity contribution in [2.24, 2.45) is 0 Å². The molecule has 0 aromatic carbocycles. The Hall–Kier alpha value is -2.73. The summed E-state index contributed by atoms with van der Waals surface area (Å²) < 4.78 is 82.5. The summed E-state index contributed by atoms with van der Waals surface area (Å²) in [5.41, 5.74) is 5.37. The normalized spacial score (nSPS) is 11.2. The van der Waals surface area contributed by atoms with Crippen LogP contribution in [0.1, 0.15) is 11.1 Å². The van der Waals surface area contributed by atoms with Crippen LogP contribution < -0.4 is 9.13 Å². The number of rotatable bonds is 7. The van der Waals surface area contributed by atoms with Gasteiger partial charge in [0.1, 0.15) is 0 Å². The van der Waals surface area contributed by atoms with Crippen molar-refractivity contribution in [3.8, 4) is 11.1 Å². The third-order valence-corrected chi connectivity index (χ3v) is 6.06. The van der Waals surface area contributed by atoms with Crippen molar-refractivity contribution in [1.29, 1.82) is 0 Å². The second kappa shape index (κ2) is 14.1. The molecule has 4 heterocycles. The molecule has 0 atom stereocenters. The van der Waals surface area contributed by atoms with Crippen LogP contribution in [-0.2, 0) is 25.9 Å². The zero-order valence-electron chi connectivity index (χ0n) is 18.8. The summed E-state index contributed by atoms with van der Waals surface area (Å²) >= 11 is 3.53. The van der Waals surface area contributed by atoms with Crippen LogP contribution in [0.2, 0.25) is 0 Å². The topological polar surface area (TPSA) is 7.76 Å². The summed E-state index contributed by atoms with van der Waals surface area (Å²) in [4.78, 5) is 0. The van der Waals surface area contributed by atoms with Crippen LogP contribution in [-0.4, -0.2) is 14.5 Å². The van der Waals surface area contributed by atoms with Gasteiger partial charge in [0, 0.05) is 37.1 Å². The van der Waals surface area contributed by atoms with E-state index in [0.717, 1.165) is 25.9 Å². The molecule has 0 N–H and O–H groups in total. The minimum Gasteiger partial charge on any atom is -0.418 e. The molecule has 0 spiro atoms. The molecule has 0 fully saturated rings. The second-order valence-electron chi connectivity index (χ2n) is 7.40. The van der Waals surface area contributed by atoms with Crippen LogP contribution in [0, 0.1) is 0 Å². The van der Waals surface area contributed by atoms with Gasteiger partial charge in [0.05, 0.1) is 0 Å². The van der Waals surface area contributed by atoms with Gasteiger partial charge in [0.2, 0.25) is 0 Å². The third kappa shape index (κ3) is 14.0. The van der Waals surface area contributed by atoms with E-state index in [9.17, 15) is 34.5 Å². The quantitative estimate of drug-likeness (QED) is 0.131. The fourth-order valence-electron chi connectivity index (χ4n) is 2.98. The first-order valence-electron chi connectivity index (χ1n) is 10.6. The highest BCUT2D eigenvalue weighted by Crippen LogP contribution is 2.16. The van der Waals surface area contributed by atoms with Gasteiger partial charge in [-0.1, -0.05) is 0 Å². The van der Waals surface area contributed by atoms with Crippen molar-refractivity contribution < 1.29 is 43.7 Å². The Balaban J connectivity index is 0.000000389. The number of thiophene rings is 2. The lowest BCUT2D eigenvalue weighted by atomic mass is 10.1. The van der Waals surface area contributed by atoms with Gasteiger partial charge < -0.3 is 34.5 Å². The summed E-state index contributed by atoms with van der Waals surface area (Å²) in [6.45, 7) is 2.04. The van der Waals surface area contributed by atoms with Gasteiger partial charge in [-0.15, -0.1) is 0 Å². The number of halogens is 8. The predicted molar refractivity (Wildman–Crippen MR) is 129 cm³/mol. The molecule has 0 amide bonds. The molecule has 14 heteroatoms. The van der Waals surface area contributed by atoms with E-state index in [-0.39, 0.29) is 0 Å². The molecule has 0 radical (unpaired) electrons. The molecule has 0 saturated carbocycles. The largest absolute Gasteiger partial charge is 0.673 e. The van der Waals surface area contributed by atoms with Crippen molar-refractivity contribution in [3.63, 3.8) is 0 Å². The lowest BCUT2D eigenvalue weighted by Gasteiger charge is -2.02. The molecule has 194 valence electrons. The molecule has 0 bridgehead atoms. The molecule has 0 saturated heterocycles. The maximum absolute atomic E-state index is 9.75. The Morgan fingerprint density at radius 1 is 0.528 bits per heavy atom. The highest BCUT2D eigenvalue weighted by Gasteiger charge is 2.21. The fourth-order valence-corrected chi connectivity index (χ4v) is 4.39. The lowest BCUT2D eigenvalue weighted by molar-refractivity contribution is -0.696. The first kappa shape index (κ1) is 29.5. The minimum absolute atomic E-state index is 1.02. The van der Waals surface area contributed by atoms with Gasteiger partial charge >= 0.3 is 14.5 Å². The van der Waals surface area contributed by atoms with Crippen molar-refractivity contribution >= 4 is 37.2 Å². The summed E-state index contributed by atoms with van der Waals surface area (Å²) in [6, 6.07) is 13.2. The van der Waals surface area contributed by atoms with E-state index < -0.39 is 14.5 Å². The van der Waals surface area contributed by atoms with Crippen LogP contribution in [0.15, 0.2) is 82.7 Å². The van der Waals surface area contributed by atoms with E-state index in [1.807, 2.05) is 0 Å². The van der Waals surface area contributed by atoms with Crippen molar-refractivity contribution in [2.45, 2.75) is 25.9 Å². The Morgan fingerprint density at radius 2 is 0.833 bits per heavy atom. The first-order valence-corrected chi connectivity index (χ1v) is 12.5. The highest BCUT2D eigenvalue weighted by molar-refractivity contribution is 7.08. The van der Waals surface area contributed by atoms with E-state index in [4.69, 9.17) is 0 Å². The van der Waals surface area contributed by atoms with E-state index in [1.54, 1.807) is 22.7 Å². The van der Waals surface area contributed by atoms with E-state index in [0.29, 0.717) is 0 Å². The fraction of sp³-hybridized carbons (Fsp3) is 0.182. The number of hydrogen-bond donors (Lipinski definition) is 0. The third-order valence-electron chi connectivity index (χ3n) is 4.59. The molecule has 4 aromatic heterocycles. The predicted octanol–water partition coefficient (Wildman–Crippen LogP) is 7.14. The van der Waals surface area contributed by atoms with Crippen LogP contribution in [0.3, 0.4) is 0 Å². The average molecular weight is 552 g/mol. The van der Waals surface area contributed by atoms with Crippen LogP contribution in [0.5, 0.6) is 0 Å². The molecule has 4 rings (SSSR count). The van der Waals surface area contributed by atoms with Gasteiger partial charge in [-0.2, -0.15) is 22.7 Å². The SMILES string of the molecule is F[B-](F)(F)F.F[B-](F)(F)F.c1cc(CC[n+]2ccc(-c3cc[n+](CCc4ccsc4)cc3)cc2)cs1. The number of hydrogen-bond acceptors (Lipinski definition) is 2. The Bertz CT molecular complexity index is 1010. The zero-order valence-corrected chi connectivity index (χ0v) is 20.4. The average Bonchev–Trinajstić information content (AvgIpc) is 3.49. The molecule has 0 aliphatic rings. The van der Waals surface area contributed by atoms with Gasteiger partial charge in [0.25, 0.3) is 0 Å². The maximum atomic E-state index is 9.75. The Morgan fingerprint density at radius 3 is 1.08 bits per heavy atom. The number of nitrogens with zero attached hydrogens (tertiary/aromatic N) is 2. The van der Waals surface area contributed by atoms with Gasteiger partial charge in [0.15, 0.2) is 37.9 Å². The van der Waals surface area contributed by atoms with Crippen LogP contribution in [0.25, 0.3) is 11.1 Å². The van der Waals surface area contributed by atoms with Gasteiger partial charge in [-0.05, 0) is 55.9 Å². The van der Waals surface area contributed by atoms with E-state index in [1.165, 1.54) is 22.3 Å². The summed E-state index contributed by atoms with van der Waals surface area (Å²) in [6.07, 6.45) is 10.9. The van der Waals surface area contributed by atoms with Gasteiger partial charge in [-0.25, -0.2) is 9.13 Å². The molecule has 0 unspecified atom stereocenters. The number of pyridine rings is 2. The molecule has 0 aliphatic heterocycles. The van der Waals surface area contributed by atoms with E-state index in [2.05, 4.69) is 91.8 Å². The molecule has 36 heavy (non-hydrogen) atoms. The molecular formula is C22H22B2F8N2S2. The van der Waals surface area contributed by atoms with Crippen LogP contribution >= 0.6 is 22.7 Å². The summed E-state index contributed by atoms with van der Waals surface area (Å²) in [5, 5.41) is 8.75.